The summed E-state index contributed by atoms with van der Waals surface area (Å²) in [4.78, 5) is 0. The third-order valence-electron chi connectivity index (χ3n) is 4.82. The van der Waals surface area contributed by atoms with Crippen molar-refractivity contribution in [3.8, 4) is 0 Å². The van der Waals surface area contributed by atoms with Crippen LogP contribution in [0.15, 0.2) is 23.3 Å². The summed E-state index contributed by atoms with van der Waals surface area (Å²) in [5.74, 6) is 0. The summed E-state index contributed by atoms with van der Waals surface area (Å²) in [6, 6.07) is 0. The van der Waals surface area contributed by atoms with E-state index in [1.807, 2.05) is 14.2 Å². The molecule has 3 heteroatoms. The van der Waals surface area contributed by atoms with Gasteiger partial charge in [0.2, 0.25) is 0 Å². The van der Waals surface area contributed by atoms with E-state index in [1.54, 1.807) is 11.1 Å². The Morgan fingerprint density at radius 3 is 1.68 bits per heavy atom. The molecule has 2 aliphatic rings. The largest absolute Gasteiger partial charge is 0.399 e. The van der Waals surface area contributed by atoms with Crippen LogP contribution in [0, 0.1) is 0 Å². The minimum absolute atomic E-state index is 0.0737. The molecule has 2 rings (SSSR count). The van der Waals surface area contributed by atoms with Gasteiger partial charge < -0.3 is 8.85 Å². The molecule has 0 spiro atoms. The fraction of sp³-hybridized carbons (Fsp3) is 0.750. The Balaban J connectivity index is 2.36. The SMILES string of the molecule is CO[SiH](OC)C(C)(C1=CCCCC1)C1=CCCCC1. The molecule has 0 amide bonds. The summed E-state index contributed by atoms with van der Waals surface area (Å²) in [6.07, 6.45) is 15.2. The molecule has 0 unspecified atom stereocenters. The molecule has 2 aliphatic carbocycles. The normalized spacial score (nSPS) is 21.3. The van der Waals surface area contributed by atoms with Crippen LogP contribution in [0.5, 0.6) is 0 Å². The van der Waals surface area contributed by atoms with E-state index in [2.05, 4.69) is 19.1 Å². The van der Waals surface area contributed by atoms with Crippen molar-refractivity contribution in [2.75, 3.05) is 14.2 Å². The highest BCUT2D eigenvalue weighted by Crippen LogP contribution is 2.52. The molecule has 0 aliphatic heterocycles. The second kappa shape index (κ2) is 6.87. The topological polar surface area (TPSA) is 18.5 Å². The molecule has 0 fully saturated rings. The maximum absolute atomic E-state index is 5.81. The van der Waals surface area contributed by atoms with Crippen LogP contribution in [0.2, 0.25) is 5.04 Å². The molecule has 0 aromatic carbocycles. The van der Waals surface area contributed by atoms with Gasteiger partial charge in [0.05, 0.1) is 5.04 Å². The lowest BCUT2D eigenvalue weighted by Gasteiger charge is -2.41. The van der Waals surface area contributed by atoms with E-state index in [-0.39, 0.29) is 5.04 Å². The van der Waals surface area contributed by atoms with E-state index in [0.29, 0.717) is 0 Å². The predicted molar refractivity (Wildman–Crippen MR) is 82.6 cm³/mol. The molecule has 0 saturated heterocycles. The minimum Gasteiger partial charge on any atom is -0.399 e. The van der Waals surface area contributed by atoms with Crippen LogP contribution in [0.3, 0.4) is 0 Å². The molecule has 0 aromatic heterocycles. The Morgan fingerprint density at radius 1 is 0.895 bits per heavy atom. The molecule has 0 bridgehead atoms. The lowest BCUT2D eigenvalue weighted by Crippen LogP contribution is -2.38. The van der Waals surface area contributed by atoms with Crippen LogP contribution in [0.25, 0.3) is 0 Å². The molecule has 0 aromatic rings. The Bertz CT molecular complexity index is 330. The second-order valence-corrected chi connectivity index (χ2v) is 8.72. The van der Waals surface area contributed by atoms with Crippen LogP contribution in [0.1, 0.15) is 58.3 Å². The van der Waals surface area contributed by atoms with Gasteiger partial charge in [0, 0.05) is 14.2 Å². The zero-order valence-corrected chi connectivity index (χ0v) is 13.9. The van der Waals surface area contributed by atoms with Gasteiger partial charge in [-0.2, -0.15) is 0 Å². The van der Waals surface area contributed by atoms with Crippen LogP contribution in [-0.4, -0.2) is 23.5 Å². The van der Waals surface area contributed by atoms with Crippen molar-refractivity contribution in [2.45, 2.75) is 63.3 Å². The first kappa shape index (κ1) is 15.0. The Morgan fingerprint density at radius 2 is 1.37 bits per heavy atom. The molecule has 0 atom stereocenters. The minimum atomic E-state index is -1.71. The first-order valence-corrected chi connectivity index (χ1v) is 9.20. The van der Waals surface area contributed by atoms with Gasteiger partial charge >= 0.3 is 9.28 Å². The highest BCUT2D eigenvalue weighted by molar-refractivity contribution is 6.51. The van der Waals surface area contributed by atoms with Crippen molar-refractivity contribution >= 4 is 9.28 Å². The van der Waals surface area contributed by atoms with Crippen LogP contribution in [-0.2, 0) is 8.85 Å². The van der Waals surface area contributed by atoms with Gasteiger partial charge in [-0.1, -0.05) is 30.2 Å². The number of allylic oxidation sites excluding steroid dienone is 4. The predicted octanol–water partition coefficient (Wildman–Crippen LogP) is 4.26. The van der Waals surface area contributed by atoms with Crippen molar-refractivity contribution in [1.82, 2.24) is 0 Å². The lowest BCUT2D eigenvalue weighted by molar-refractivity contribution is 0.255. The van der Waals surface area contributed by atoms with E-state index >= 15 is 0 Å². The Labute approximate surface area is 119 Å². The van der Waals surface area contributed by atoms with Crippen molar-refractivity contribution in [2.24, 2.45) is 0 Å². The maximum Gasteiger partial charge on any atom is 0.335 e. The average Bonchev–Trinajstić information content (AvgIpc) is 2.50. The van der Waals surface area contributed by atoms with Crippen molar-refractivity contribution in [3.63, 3.8) is 0 Å². The number of hydrogen-bond donors (Lipinski definition) is 0. The van der Waals surface area contributed by atoms with Gasteiger partial charge in [-0.25, -0.2) is 0 Å². The van der Waals surface area contributed by atoms with Gasteiger partial charge in [0.25, 0.3) is 0 Å². The molecule has 0 radical (unpaired) electrons. The number of hydrogen-bond acceptors (Lipinski definition) is 2. The molecule has 108 valence electrons. The number of rotatable bonds is 5. The monoisotopic (exact) mass is 280 g/mol. The molecule has 0 N–H and O–H groups in total. The molecular weight excluding hydrogens is 252 g/mol. The van der Waals surface area contributed by atoms with E-state index in [9.17, 15) is 0 Å². The van der Waals surface area contributed by atoms with Gasteiger partial charge in [-0.3, -0.25) is 0 Å². The van der Waals surface area contributed by atoms with E-state index in [4.69, 9.17) is 8.85 Å². The summed E-state index contributed by atoms with van der Waals surface area (Å²) >= 11 is 0. The summed E-state index contributed by atoms with van der Waals surface area (Å²) in [7, 11) is 1.94. The molecule has 2 nitrogen and oxygen atoms in total. The highest BCUT2D eigenvalue weighted by Gasteiger charge is 2.44. The first-order valence-electron chi connectivity index (χ1n) is 7.68. The third kappa shape index (κ3) is 3.04. The van der Waals surface area contributed by atoms with E-state index < -0.39 is 9.28 Å². The van der Waals surface area contributed by atoms with Gasteiger partial charge in [0.15, 0.2) is 0 Å². The maximum atomic E-state index is 5.81. The third-order valence-corrected chi connectivity index (χ3v) is 7.36. The second-order valence-electron chi connectivity index (χ2n) is 5.96. The zero-order chi connectivity index (χ0) is 13.7. The van der Waals surface area contributed by atoms with E-state index in [0.717, 1.165) is 0 Å². The summed E-state index contributed by atoms with van der Waals surface area (Å²) in [6.45, 7) is 2.38. The fourth-order valence-electron chi connectivity index (χ4n) is 3.70. The molecule has 0 saturated carbocycles. The Kier molecular flexibility index (Phi) is 5.43. The van der Waals surface area contributed by atoms with Crippen LogP contribution < -0.4 is 0 Å². The van der Waals surface area contributed by atoms with Crippen LogP contribution >= 0.6 is 0 Å². The summed E-state index contributed by atoms with van der Waals surface area (Å²) in [5.41, 5.74) is 3.18. The first-order chi connectivity index (χ1) is 9.23. The van der Waals surface area contributed by atoms with Crippen molar-refractivity contribution < 1.29 is 8.85 Å². The standard InChI is InChI=1S/C16H28O2Si/c1-16(19(17-2)18-3,14-10-6-4-7-11-14)15-12-8-5-9-13-15/h10,12,19H,4-9,11,13H2,1-3H3. The summed E-state index contributed by atoms with van der Waals surface area (Å²) < 4.78 is 11.6. The molecule has 19 heavy (non-hydrogen) atoms. The van der Waals surface area contributed by atoms with Crippen LogP contribution in [0.4, 0.5) is 0 Å². The fourth-order valence-corrected chi connectivity index (χ4v) is 5.96. The van der Waals surface area contributed by atoms with Gasteiger partial charge in [-0.15, -0.1) is 0 Å². The lowest BCUT2D eigenvalue weighted by atomic mass is 9.80. The van der Waals surface area contributed by atoms with E-state index in [1.165, 1.54) is 51.4 Å². The summed E-state index contributed by atoms with van der Waals surface area (Å²) in [5, 5.41) is 0.0737. The average molecular weight is 280 g/mol. The van der Waals surface area contributed by atoms with Crippen molar-refractivity contribution in [1.29, 1.82) is 0 Å². The molecule has 0 heterocycles. The van der Waals surface area contributed by atoms with Gasteiger partial charge in [0.1, 0.15) is 0 Å². The molecular formula is C16H28O2Si. The van der Waals surface area contributed by atoms with Crippen molar-refractivity contribution in [3.05, 3.63) is 23.3 Å². The Hall–Kier alpha value is -0.383. The van der Waals surface area contributed by atoms with Gasteiger partial charge in [-0.05, 0) is 51.4 Å². The quantitative estimate of drug-likeness (QED) is 0.553. The smallest absolute Gasteiger partial charge is 0.335 e. The zero-order valence-electron chi connectivity index (χ0n) is 12.7. The highest BCUT2D eigenvalue weighted by atomic mass is 28.3.